The van der Waals surface area contributed by atoms with E-state index < -0.39 is 0 Å². The van der Waals surface area contributed by atoms with Gasteiger partial charge in [0.15, 0.2) is 5.17 Å². The maximum atomic E-state index is 13.4. The molecule has 4 rings (SSSR count). The molecule has 1 aliphatic carbocycles. The Labute approximate surface area is 186 Å². The molecule has 1 saturated carbocycles. The van der Waals surface area contributed by atoms with Crippen LogP contribution in [0.5, 0.6) is 0 Å². The van der Waals surface area contributed by atoms with E-state index in [1.165, 1.54) is 18.2 Å². The molecule has 1 aromatic heterocycles. The lowest BCUT2D eigenvalue weighted by atomic mass is 9.94. The number of nitrogens with zero attached hydrogens (tertiary/aromatic N) is 3. The van der Waals surface area contributed by atoms with E-state index in [2.05, 4.69) is 23.2 Å². The number of aromatic nitrogens is 1. The molecule has 6 heteroatoms. The minimum Gasteiger partial charge on any atom is -0.283 e. The van der Waals surface area contributed by atoms with Gasteiger partial charge >= 0.3 is 0 Å². The maximum absolute atomic E-state index is 13.4. The number of amides is 1. The lowest BCUT2D eigenvalue weighted by Gasteiger charge is -2.30. The number of benzene rings is 1. The van der Waals surface area contributed by atoms with Crippen molar-refractivity contribution in [3.63, 3.8) is 0 Å². The van der Waals surface area contributed by atoms with Gasteiger partial charge in [-0.2, -0.15) is 0 Å². The number of hydrogen-bond acceptors (Lipinski definition) is 4. The maximum Gasteiger partial charge on any atom is 0.266 e. The van der Waals surface area contributed by atoms with Gasteiger partial charge in [-0.1, -0.05) is 67.3 Å². The summed E-state index contributed by atoms with van der Waals surface area (Å²) in [6.45, 7) is 2.02. The Bertz CT molecular complexity index is 1010. The van der Waals surface area contributed by atoms with Crippen molar-refractivity contribution in [2.24, 2.45) is 4.99 Å². The van der Waals surface area contributed by atoms with Crippen molar-refractivity contribution in [2.75, 3.05) is 0 Å². The highest BCUT2D eigenvalue weighted by Crippen LogP contribution is 2.39. The monoisotopic (exact) mass is 437 g/mol. The predicted molar refractivity (Wildman–Crippen MR) is 126 cm³/mol. The van der Waals surface area contributed by atoms with E-state index in [9.17, 15) is 4.79 Å². The lowest BCUT2D eigenvalue weighted by molar-refractivity contribution is -0.124. The van der Waals surface area contributed by atoms with Crippen molar-refractivity contribution >= 4 is 46.2 Å². The van der Waals surface area contributed by atoms with Crippen LogP contribution in [0.15, 0.2) is 70.3 Å². The number of rotatable bonds is 4. The summed E-state index contributed by atoms with van der Waals surface area (Å²) < 4.78 is 0. The van der Waals surface area contributed by atoms with Gasteiger partial charge in [-0.25, -0.2) is 4.99 Å². The third-order valence-corrected chi connectivity index (χ3v) is 6.57. The molecular formula is C24H24ClN3OS. The summed E-state index contributed by atoms with van der Waals surface area (Å²) in [6, 6.07) is 12.1. The van der Waals surface area contributed by atoms with Crippen LogP contribution < -0.4 is 0 Å². The van der Waals surface area contributed by atoms with Gasteiger partial charge in [0.1, 0.15) is 0 Å². The Morgan fingerprint density at radius 1 is 1.20 bits per heavy atom. The molecule has 0 unspecified atom stereocenters. The molecule has 0 atom stereocenters. The van der Waals surface area contributed by atoms with Crippen LogP contribution in [0.1, 0.15) is 44.6 Å². The third-order valence-electron chi connectivity index (χ3n) is 5.30. The molecule has 2 aliphatic rings. The SMILES string of the molecule is CC(/C=C1\SC(=Nc2ccncc2Cl)N(C2CCCCC2)C1=O)=C\c1ccccc1. The molecule has 2 heterocycles. The van der Waals surface area contributed by atoms with Gasteiger partial charge in [0, 0.05) is 18.4 Å². The summed E-state index contributed by atoms with van der Waals surface area (Å²) in [5, 5.41) is 1.19. The summed E-state index contributed by atoms with van der Waals surface area (Å²) >= 11 is 7.71. The minimum atomic E-state index is 0.0386. The molecule has 4 nitrogen and oxygen atoms in total. The number of thioether (sulfide) groups is 1. The van der Waals surface area contributed by atoms with Gasteiger partial charge in [0.05, 0.1) is 15.6 Å². The quantitative estimate of drug-likeness (QED) is 0.505. The molecule has 1 saturated heterocycles. The average Bonchev–Trinajstić information content (AvgIpc) is 3.05. The second-order valence-corrected chi connectivity index (χ2v) is 9.01. The minimum absolute atomic E-state index is 0.0386. The highest BCUT2D eigenvalue weighted by atomic mass is 35.5. The highest BCUT2D eigenvalue weighted by Gasteiger charge is 2.38. The average molecular weight is 438 g/mol. The lowest BCUT2D eigenvalue weighted by Crippen LogP contribution is -2.40. The molecule has 2 fully saturated rings. The Kier molecular flexibility index (Phi) is 6.70. The van der Waals surface area contributed by atoms with Gasteiger partial charge in [-0.15, -0.1) is 0 Å². The van der Waals surface area contributed by atoms with Crippen LogP contribution in [-0.4, -0.2) is 27.0 Å². The van der Waals surface area contributed by atoms with Crippen LogP contribution >= 0.6 is 23.4 Å². The van der Waals surface area contributed by atoms with Crippen molar-refractivity contribution < 1.29 is 4.79 Å². The summed E-state index contributed by atoms with van der Waals surface area (Å²) in [6.07, 6.45) is 12.9. The van der Waals surface area contributed by atoms with E-state index in [-0.39, 0.29) is 11.9 Å². The number of carbonyl (C=O) groups excluding carboxylic acids is 1. The molecule has 1 aliphatic heterocycles. The van der Waals surface area contributed by atoms with E-state index in [0.717, 1.165) is 36.8 Å². The van der Waals surface area contributed by atoms with Gasteiger partial charge < -0.3 is 0 Å². The summed E-state index contributed by atoms with van der Waals surface area (Å²) in [5.74, 6) is 0.0386. The fraction of sp³-hybridized carbons (Fsp3) is 0.292. The Hall–Kier alpha value is -2.37. The largest absolute Gasteiger partial charge is 0.283 e. The van der Waals surface area contributed by atoms with Crippen molar-refractivity contribution in [1.29, 1.82) is 0 Å². The molecule has 0 spiro atoms. The first-order chi connectivity index (χ1) is 14.6. The Morgan fingerprint density at radius 2 is 1.97 bits per heavy atom. The molecule has 0 bridgehead atoms. The van der Waals surface area contributed by atoms with Gasteiger partial charge in [-0.3, -0.25) is 14.7 Å². The first-order valence-electron chi connectivity index (χ1n) is 10.3. The van der Waals surface area contributed by atoms with Crippen molar-refractivity contribution in [2.45, 2.75) is 45.1 Å². The zero-order valence-corrected chi connectivity index (χ0v) is 18.5. The molecule has 1 amide bonds. The fourth-order valence-corrected chi connectivity index (χ4v) is 5.11. The fourth-order valence-electron chi connectivity index (χ4n) is 3.85. The van der Waals surface area contributed by atoms with Gasteiger partial charge in [0.25, 0.3) is 5.91 Å². The van der Waals surface area contributed by atoms with E-state index >= 15 is 0 Å². The number of amidine groups is 1. The first-order valence-corrected chi connectivity index (χ1v) is 11.5. The Morgan fingerprint density at radius 3 is 2.70 bits per heavy atom. The molecule has 2 aromatic rings. The smallest absolute Gasteiger partial charge is 0.266 e. The zero-order valence-electron chi connectivity index (χ0n) is 16.9. The van der Waals surface area contributed by atoms with Crippen LogP contribution in [0.2, 0.25) is 5.02 Å². The normalized spacial score (nSPS) is 21.1. The summed E-state index contributed by atoms with van der Waals surface area (Å²) in [7, 11) is 0. The van der Waals surface area contributed by atoms with E-state index in [0.29, 0.717) is 20.8 Å². The number of carbonyl (C=O) groups is 1. The number of hydrogen-bond donors (Lipinski definition) is 0. The number of halogens is 1. The molecule has 0 N–H and O–H groups in total. The molecular weight excluding hydrogens is 414 g/mol. The summed E-state index contributed by atoms with van der Waals surface area (Å²) in [5.41, 5.74) is 2.79. The molecule has 30 heavy (non-hydrogen) atoms. The van der Waals surface area contributed by atoms with Crippen molar-refractivity contribution in [3.05, 3.63) is 75.9 Å². The van der Waals surface area contributed by atoms with Crippen LogP contribution in [-0.2, 0) is 4.79 Å². The second kappa shape index (κ2) is 9.63. The van der Waals surface area contributed by atoms with Crippen LogP contribution in [0.25, 0.3) is 6.08 Å². The number of allylic oxidation sites excluding steroid dienone is 2. The number of pyridine rings is 1. The number of aliphatic imine (C=N–C) groups is 1. The molecule has 0 radical (unpaired) electrons. The Balaban J connectivity index is 1.67. The topological polar surface area (TPSA) is 45.6 Å². The van der Waals surface area contributed by atoms with E-state index in [1.54, 1.807) is 18.5 Å². The van der Waals surface area contributed by atoms with E-state index in [4.69, 9.17) is 16.6 Å². The van der Waals surface area contributed by atoms with Gasteiger partial charge in [-0.05, 0) is 54.8 Å². The third kappa shape index (κ3) is 4.85. The summed E-state index contributed by atoms with van der Waals surface area (Å²) in [4.78, 5) is 24.7. The van der Waals surface area contributed by atoms with Crippen molar-refractivity contribution in [1.82, 2.24) is 9.88 Å². The van der Waals surface area contributed by atoms with Crippen LogP contribution in [0.3, 0.4) is 0 Å². The second-order valence-electron chi connectivity index (χ2n) is 7.60. The van der Waals surface area contributed by atoms with Crippen LogP contribution in [0.4, 0.5) is 5.69 Å². The molecule has 1 aromatic carbocycles. The van der Waals surface area contributed by atoms with Gasteiger partial charge in [0.2, 0.25) is 0 Å². The molecule has 154 valence electrons. The highest BCUT2D eigenvalue weighted by molar-refractivity contribution is 8.18. The predicted octanol–water partition coefficient (Wildman–Crippen LogP) is 6.62. The van der Waals surface area contributed by atoms with Crippen LogP contribution in [0, 0.1) is 0 Å². The van der Waals surface area contributed by atoms with Crippen molar-refractivity contribution in [3.8, 4) is 0 Å². The van der Waals surface area contributed by atoms with E-state index in [1.807, 2.05) is 36.1 Å². The first kappa shape index (κ1) is 20.9. The standard InChI is InChI=1S/C24H24ClN3OS/c1-17(14-18-8-4-2-5-9-18)15-22-23(29)28(19-10-6-3-7-11-19)24(30-22)27-21-12-13-26-16-20(21)25/h2,4-5,8-9,12-16,19H,3,6-7,10-11H2,1H3/b17-14+,22-15-,27-24?. The zero-order chi connectivity index (χ0) is 20.9.